The summed E-state index contributed by atoms with van der Waals surface area (Å²) in [5.41, 5.74) is -4.33. The molecule has 0 heterocycles. The van der Waals surface area contributed by atoms with Crippen molar-refractivity contribution in [3.05, 3.63) is 42.0 Å². The van der Waals surface area contributed by atoms with Crippen LogP contribution in [0, 0.1) is 17.8 Å². The van der Waals surface area contributed by atoms with E-state index in [0.717, 1.165) is 52.1 Å². The molecule has 59 heavy (non-hydrogen) atoms. The topological polar surface area (TPSA) is 181 Å². The number of hydrogen-bond donors (Lipinski definition) is 2. The molecule has 0 fully saturated rings. The first-order valence-electron chi connectivity index (χ1n) is 20.8. The van der Waals surface area contributed by atoms with Gasteiger partial charge in [-0.1, -0.05) is 75.7 Å². The number of nitrogens with one attached hydrogen (secondary N) is 1. The van der Waals surface area contributed by atoms with Gasteiger partial charge in [-0.05, 0) is 91.8 Å². The molecule has 0 spiro atoms. The lowest BCUT2D eigenvalue weighted by Crippen LogP contribution is -2.57. The fraction of sp³-hybridized carbons (Fsp3) is 0.652. The molecule has 0 radical (unpaired) electrons. The van der Waals surface area contributed by atoms with Crippen molar-refractivity contribution in [3.63, 3.8) is 0 Å². The van der Waals surface area contributed by atoms with Gasteiger partial charge in [0.25, 0.3) is 0 Å². The van der Waals surface area contributed by atoms with Crippen molar-refractivity contribution in [1.29, 1.82) is 0 Å². The number of esters is 4. The largest absolute Gasteiger partial charge is 0.481 e. The summed E-state index contributed by atoms with van der Waals surface area (Å²) in [5, 5.41) is 14.8. The molecule has 1 aromatic carbocycles. The molecule has 2 N–H and O–H groups in total. The number of methoxy groups -OCH3 is 1. The zero-order valence-electron chi connectivity index (χ0n) is 36.9. The van der Waals surface area contributed by atoms with E-state index in [1.54, 1.807) is 78.8 Å². The molecule has 0 aliphatic carbocycles. The SMILES string of the molecule is CC#CCOc1ccc(C[C@H](NC(=O)[C@@H](/C=C/CCCCCCC(=O)CCCCCCC)[C@@](O)(CC(=O)OC(C)(C)C)C(=O)OC(C)(C)C)C(=O)OCC(=O)OC)cc1. The van der Waals surface area contributed by atoms with Crippen LogP contribution in [0.3, 0.4) is 0 Å². The predicted octanol–water partition coefficient (Wildman–Crippen LogP) is 7.08. The lowest BCUT2D eigenvalue weighted by atomic mass is 9.82. The fourth-order valence-electron chi connectivity index (χ4n) is 5.85. The van der Waals surface area contributed by atoms with Crippen molar-refractivity contribution < 1.29 is 57.6 Å². The van der Waals surface area contributed by atoms with Crippen molar-refractivity contribution in [2.45, 2.75) is 168 Å². The molecule has 0 saturated carbocycles. The van der Waals surface area contributed by atoms with E-state index < -0.39 is 71.6 Å². The molecule has 0 unspecified atom stereocenters. The van der Waals surface area contributed by atoms with Crippen LogP contribution >= 0.6 is 0 Å². The number of aliphatic hydroxyl groups is 1. The summed E-state index contributed by atoms with van der Waals surface area (Å²) in [6.07, 6.45) is 12.0. The van der Waals surface area contributed by atoms with Gasteiger partial charge in [0, 0.05) is 19.3 Å². The number of carbonyl (C=O) groups is 6. The van der Waals surface area contributed by atoms with Gasteiger partial charge in [0.05, 0.1) is 19.4 Å². The molecule has 1 rings (SSSR count). The molecular weight excluding hydrogens is 759 g/mol. The monoisotopic (exact) mass is 827 g/mol. The minimum Gasteiger partial charge on any atom is -0.481 e. The highest BCUT2D eigenvalue weighted by Gasteiger charge is 2.52. The highest BCUT2D eigenvalue weighted by Crippen LogP contribution is 2.30. The highest BCUT2D eigenvalue weighted by molar-refractivity contribution is 5.96. The maximum Gasteiger partial charge on any atom is 0.344 e. The van der Waals surface area contributed by atoms with E-state index in [0.29, 0.717) is 37.0 Å². The maximum absolute atomic E-state index is 14.4. The van der Waals surface area contributed by atoms with Gasteiger partial charge in [0.15, 0.2) is 12.2 Å². The first-order valence-corrected chi connectivity index (χ1v) is 20.8. The number of Topliss-reactive ketones (excluding diaryl/α,β-unsaturated/α-hetero) is 1. The van der Waals surface area contributed by atoms with Crippen LogP contribution in [0.1, 0.15) is 144 Å². The molecule has 0 saturated heterocycles. The molecule has 1 amide bonds. The zero-order chi connectivity index (χ0) is 44.5. The molecule has 0 bridgehead atoms. The minimum atomic E-state index is -2.78. The van der Waals surface area contributed by atoms with Crippen molar-refractivity contribution in [2.24, 2.45) is 5.92 Å². The Morgan fingerprint density at radius 2 is 1.41 bits per heavy atom. The number of rotatable bonds is 27. The van der Waals surface area contributed by atoms with Crippen molar-refractivity contribution in [3.8, 4) is 17.6 Å². The highest BCUT2D eigenvalue weighted by atomic mass is 16.6. The van der Waals surface area contributed by atoms with Gasteiger partial charge in [0.2, 0.25) is 5.91 Å². The van der Waals surface area contributed by atoms with Crippen LogP contribution < -0.4 is 10.1 Å². The Labute approximate surface area is 351 Å². The number of amides is 1. The van der Waals surface area contributed by atoms with Crippen LogP contribution in [0.5, 0.6) is 5.75 Å². The van der Waals surface area contributed by atoms with Crippen LogP contribution in [0.25, 0.3) is 0 Å². The molecule has 0 aromatic heterocycles. The van der Waals surface area contributed by atoms with Gasteiger partial charge in [-0.3, -0.25) is 14.4 Å². The average Bonchev–Trinajstić information content (AvgIpc) is 3.14. The smallest absolute Gasteiger partial charge is 0.344 e. The van der Waals surface area contributed by atoms with E-state index in [4.69, 9.17) is 18.9 Å². The van der Waals surface area contributed by atoms with Gasteiger partial charge in [0.1, 0.15) is 35.4 Å². The molecular formula is C46H69NO12. The lowest BCUT2D eigenvalue weighted by Gasteiger charge is -2.35. The van der Waals surface area contributed by atoms with Gasteiger partial charge >= 0.3 is 23.9 Å². The molecule has 330 valence electrons. The summed E-state index contributed by atoms with van der Waals surface area (Å²) < 4.78 is 26.4. The summed E-state index contributed by atoms with van der Waals surface area (Å²) in [5.74, 6) is -0.459. The quantitative estimate of drug-likeness (QED) is 0.0303. The van der Waals surface area contributed by atoms with Crippen molar-refractivity contribution >= 4 is 35.6 Å². The van der Waals surface area contributed by atoms with Crippen molar-refractivity contribution in [2.75, 3.05) is 20.3 Å². The molecule has 13 nitrogen and oxygen atoms in total. The van der Waals surface area contributed by atoms with Crippen LogP contribution in [0.2, 0.25) is 0 Å². The van der Waals surface area contributed by atoms with Crippen LogP contribution in [0.4, 0.5) is 0 Å². The average molecular weight is 828 g/mol. The molecule has 0 aliphatic heterocycles. The van der Waals surface area contributed by atoms with E-state index in [1.807, 2.05) is 0 Å². The number of ether oxygens (including phenoxy) is 5. The molecule has 13 heteroatoms. The third-order valence-corrected chi connectivity index (χ3v) is 8.86. The summed E-state index contributed by atoms with van der Waals surface area (Å²) >= 11 is 0. The standard InChI is InChI=1S/C46H69NO12/c1-10-12-14-17-20-23-35(48)24-21-18-15-16-19-22-25-37(46(54,43(53)59-45(6,7)8)32-39(49)58-44(3,4)5)41(51)47-38(42(52)57-33-40(50)55-9)31-34-26-28-36(29-27-34)56-30-13-11-2/h22,25-29,37-38,54H,10,12,14-21,23-24,30-33H2,1-9H3,(H,47,51)/b25-22+/t37-,38+,46+/m1/s1. The van der Waals surface area contributed by atoms with Crippen LogP contribution in [-0.2, 0) is 54.1 Å². The minimum absolute atomic E-state index is 0.129. The Morgan fingerprint density at radius 1 is 0.814 bits per heavy atom. The lowest BCUT2D eigenvalue weighted by molar-refractivity contribution is -0.190. The van der Waals surface area contributed by atoms with E-state index >= 15 is 0 Å². The zero-order valence-corrected chi connectivity index (χ0v) is 36.9. The Bertz CT molecular complexity index is 1580. The Morgan fingerprint density at radius 3 is 1.97 bits per heavy atom. The first kappa shape index (κ1) is 52.3. The van der Waals surface area contributed by atoms with Crippen molar-refractivity contribution in [1.82, 2.24) is 5.32 Å². The third-order valence-electron chi connectivity index (χ3n) is 8.86. The second kappa shape index (κ2) is 27.1. The second-order valence-corrected chi connectivity index (χ2v) is 16.6. The third kappa shape index (κ3) is 22.9. The summed E-state index contributed by atoms with van der Waals surface area (Å²) in [4.78, 5) is 79.1. The van der Waals surface area contributed by atoms with Gasteiger partial charge in [-0.15, -0.1) is 5.92 Å². The van der Waals surface area contributed by atoms with E-state index in [9.17, 15) is 33.9 Å². The first-order chi connectivity index (χ1) is 27.7. The van der Waals surface area contributed by atoms with E-state index in [2.05, 4.69) is 28.8 Å². The normalized spacial score (nSPS) is 13.5. The Balaban J connectivity index is 3.42. The number of hydrogen-bond acceptors (Lipinski definition) is 12. The Hall–Kier alpha value is -4.70. The number of allylic oxidation sites excluding steroid dienone is 1. The van der Waals surface area contributed by atoms with Crippen LogP contribution in [-0.4, -0.2) is 83.8 Å². The van der Waals surface area contributed by atoms with Crippen LogP contribution in [0.15, 0.2) is 36.4 Å². The second-order valence-electron chi connectivity index (χ2n) is 16.6. The fourth-order valence-corrected chi connectivity index (χ4v) is 5.85. The number of benzene rings is 1. The molecule has 1 aromatic rings. The van der Waals surface area contributed by atoms with Gasteiger partial charge in [-0.2, -0.15) is 0 Å². The Kier molecular flexibility index (Phi) is 24.1. The summed E-state index contributed by atoms with van der Waals surface area (Å²) in [7, 11) is 1.13. The number of ketones is 1. The molecule has 3 atom stereocenters. The van der Waals surface area contributed by atoms with Gasteiger partial charge < -0.3 is 34.1 Å². The summed E-state index contributed by atoms with van der Waals surface area (Å²) in [6.45, 7) is 12.9. The number of carbonyl (C=O) groups excluding carboxylic acids is 6. The van der Waals surface area contributed by atoms with E-state index in [-0.39, 0.29) is 18.8 Å². The van der Waals surface area contributed by atoms with E-state index in [1.165, 1.54) is 12.5 Å². The van der Waals surface area contributed by atoms with Gasteiger partial charge in [-0.25, -0.2) is 14.4 Å². The summed E-state index contributed by atoms with van der Waals surface area (Å²) in [6, 6.07) is 5.23. The number of unbranched alkanes of at least 4 members (excludes halogenated alkanes) is 8. The molecule has 0 aliphatic rings. The maximum atomic E-state index is 14.4. The predicted molar refractivity (Wildman–Crippen MR) is 224 cm³/mol.